The van der Waals surface area contributed by atoms with Gasteiger partial charge in [-0.1, -0.05) is 76.5 Å². The molecule has 1 atom stereocenters. The molecule has 4 aromatic rings. The molecular weight excluding hydrogens is 903 g/mol. The number of phenols is 4. The van der Waals surface area contributed by atoms with E-state index in [1.54, 1.807) is 81.4 Å². The maximum Gasteiger partial charge on any atom is 0.407 e. The number of carbonyl (C=O) groups is 6. The number of rotatable bonds is 18. The molecule has 11 N–H and O–H groups in total. The van der Waals surface area contributed by atoms with E-state index < -0.39 is 23.6 Å². The summed E-state index contributed by atoms with van der Waals surface area (Å²) in [5.74, 6) is -0.883. The van der Waals surface area contributed by atoms with Crippen LogP contribution in [-0.2, 0) is 9.53 Å². The van der Waals surface area contributed by atoms with Gasteiger partial charge in [-0.05, 0) is 95.0 Å². The van der Waals surface area contributed by atoms with Gasteiger partial charge in [0.05, 0.1) is 16.7 Å². The Morgan fingerprint density at radius 2 is 1.01 bits per heavy atom. The van der Waals surface area contributed by atoms with Gasteiger partial charge in [0, 0.05) is 56.6 Å². The molecule has 17 nitrogen and oxygen atoms in total. The van der Waals surface area contributed by atoms with E-state index in [1.165, 1.54) is 55.0 Å². The van der Waals surface area contributed by atoms with E-state index in [0.717, 1.165) is 18.1 Å². The summed E-state index contributed by atoms with van der Waals surface area (Å²) in [6.07, 6.45) is 5.91. The quantitative estimate of drug-likeness (QED) is 0.0355. The largest absolute Gasteiger partial charge is 0.507 e. The van der Waals surface area contributed by atoms with Crippen LogP contribution in [0.15, 0.2) is 97.1 Å². The predicted octanol–water partition coefficient (Wildman–Crippen LogP) is 7.00. The maximum absolute atomic E-state index is 11.9. The third-order valence-electron chi connectivity index (χ3n) is 8.97. The van der Waals surface area contributed by atoms with Crippen LogP contribution < -0.4 is 27.0 Å². The Morgan fingerprint density at radius 1 is 0.597 bits per heavy atom. The van der Waals surface area contributed by atoms with Gasteiger partial charge in [-0.3, -0.25) is 19.2 Å². The van der Waals surface area contributed by atoms with E-state index in [9.17, 15) is 44.1 Å². The second-order valence-corrected chi connectivity index (χ2v) is 18.4. The molecule has 0 aliphatic carbocycles. The lowest BCUT2D eigenvalue weighted by Gasteiger charge is -2.19. The monoisotopic (exact) mass is 965 g/mol. The number of ether oxygens (including phenoxy) is 1. The SMILES string of the molecule is CC(C)(C)OC(=O)NCCNC(=O)c1ccccc1O.NCCNC(=O)c1ccccc1O.O=C(CCCC[C@H]1CCSS1)CCCNC(=O)c1ccccc1O.O=C(O)c1ccccc1O. The summed E-state index contributed by atoms with van der Waals surface area (Å²) in [4.78, 5) is 68.4. The van der Waals surface area contributed by atoms with Crippen molar-refractivity contribution in [3.63, 3.8) is 0 Å². The summed E-state index contributed by atoms with van der Waals surface area (Å²) < 4.78 is 5.05. The normalized spacial score (nSPS) is 12.5. The molecule has 0 unspecified atom stereocenters. The molecule has 0 radical (unpaired) electrons. The van der Waals surface area contributed by atoms with Crippen LogP contribution in [0.25, 0.3) is 0 Å². The lowest BCUT2D eigenvalue weighted by Crippen LogP contribution is -2.37. The Morgan fingerprint density at radius 3 is 1.42 bits per heavy atom. The molecule has 0 bridgehead atoms. The lowest BCUT2D eigenvalue weighted by molar-refractivity contribution is -0.119. The number of aromatic carboxylic acids is 1. The highest BCUT2D eigenvalue weighted by Gasteiger charge is 2.17. The molecule has 1 fully saturated rings. The molecule has 0 saturated carbocycles. The van der Waals surface area contributed by atoms with E-state index in [4.69, 9.17) is 20.7 Å². The number of amides is 4. The lowest BCUT2D eigenvalue weighted by atomic mass is 10.1. The van der Waals surface area contributed by atoms with Gasteiger partial charge >= 0.3 is 12.1 Å². The average Bonchev–Trinajstić information content (AvgIpc) is 3.81. The Hall–Kier alpha value is -6.44. The molecule has 67 heavy (non-hydrogen) atoms. The first-order chi connectivity index (χ1) is 31.9. The highest BCUT2D eigenvalue weighted by Crippen LogP contribution is 2.40. The number of carbonyl (C=O) groups excluding carboxylic acids is 5. The Bertz CT molecular complexity index is 2180. The van der Waals surface area contributed by atoms with Crippen molar-refractivity contribution in [1.29, 1.82) is 0 Å². The molecule has 0 spiro atoms. The first-order valence-electron chi connectivity index (χ1n) is 21.6. The zero-order chi connectivity index (χ0) is 49.6. The highest BCUT2D eigenvalue weighted by atomic mass is 33.1. The second-order valence-electron chi connectivity index (χ2n) is 15.6. The fraction of sp³-hybridized carbons (Fsp3) is 0.375. The van der Waals surface area contributed by atoms with Crippen molar-refractivity contribution in [1.82, 2.24) is 21.3 Å². The number of unbranched alkanes of at least 4 members (excludes halogenated alkanes) is 1. The van der Waals surface area contributed by atoms with Gasteiger partial charge in [0.1, 0.15) is 39.9 Å². The van der Waals surface area contributed by atoms with Gasteiger partial charge in [-0.25, -0.2) is 9.59 Å². The maximum atomic E-state index is 11.9. The second kappa shape index (κ2) is 31.5. The first kappa shape index (κ1) is 56.7. The van der Waals surface area contributed by atoms with Crippen LogP contribution in [-0.4, -0.2) is 110 Å². The molecule has 19 heteroatoms. The van der Waals surface area contributed by atoms with Crippen molar-refractivity contribution in [2.45, 2.75) is 76.6 Å². The van der Waals surface area contributed by atoms with Gasteiger partial charge in [0.15, 0.2) is 0 Å². The van der Waals surface area contributed by atoms with Crippen LogP contribution in [0.5, 0.6) is 23.0 Å². The zero-order valence-electron chi connectivity index (χ0n) is 38.0. The minimum absolute atomic E-state index is 0.0166. The summed E-state index contributed by atoms with van der Waals surface area (Å²) in [6, 6.07) is 24.9. The summed E-state index contributed by atoms with van der Waals surface area (Å²) in [7, 11) is 3.95. The smallest absolute Gasteiger partial charge is 0.407 e. The van der Waals surface area contributed by atoms with E-state index >= 15 is 0 Å². The summed E-state index contributed by atoms with van der Waals surface area (Å²) in [6.45, 7) is 7.05. The van der Waals surface area contributed by atoms with Gasteiger partial charge in [0.25, 0.3) is 17.7 Å². The molecule has 4 aromatic carbocycles. The molecular formula is C48H63N5O12S2. The molecule has 364 valence electrons. The minimum Gasteiger partial charge on any atom is -0.507 e. The number of benzene rings is 4. The van der Waals surface area contributed by atoms with Crippen LogP contribution in [0.4, 0.5) is 4.79 Å². The number of para-hydroxylation sites is 4. The number of Topliss-reactive ketones (excluding diaryl/α,β-unsaturated/α-hetero) is 1. The van der Waals surface area contributed by atoms with Crippen molar-refractivity contribution >= 4 is 57.2 Å². The van der Waals surface area contributed by atoms with Crippen LogP contribution in [0.3, 0.4) is 0 Å². The van der Waals surface area contributed by atoms with Crippen molar-refractivity contribution in [3.8, 4) is 23.0 Å². The Labute approximate surface area is 399 Å². The third kappa shape index (κ3) is 24.1. The Balaban J connectivity index is 0.000000323. The molecule has 4 amide bonds. The van der Waals surface area contributed by atoms with Crippen molar-refractivity contribution < 1.29 is 59.0 Å². The molecule has 1 aliphatic heterocycles. The summed E-state index contributed by atoms with van der Waals surface area (Å²) in [5, 5.41) is 56.9. The van der Waals surface area contributed by atoms with Crippen LogP contribution in [0.1, 0.15) is 107 Å². The molecule has 5 rings (SSSR count). The third-order valence-corrected chi connectivity index (χ3v) is 12.0. The number of nitrogens with one attached hydrogen (secondary N) is 4. The number of nitrogens with two attached hydrogens (primary N) is 1. The number of hydrogen-bond donors (Lipinski definition) is 10. The number of carboxylic acids is 1. The van der Waals surface area contributed by atoms with Gasteiger partial charge in [0.2, 0.25) is 0 Å². The summed E-state index contributed by atoms with van der Waals surface area (Å²) >= 11 is 0. The average molecular weight is 966 g/mol. The van der Waals surface area contributed by atoms with E-state index in [-0.39, 0.29) is 75.9 Å². The number of ketones is 1. The number of carboxylic acid groups (broad SMARTS) is 1. The van der Waals surface area contributed by atoms with Crippen molar-refractivity contribution in [2.75, 3.05) is 38.5 Å². The Kier molecular flexibility index (Phi) is 26.6. The fourth-order valence-corrected chi connectivity index (χ4v) is 8.68. The van der Waals surface area contributed by atoms with E-state index in [1.807, 2.05) is 21.6 Å². The number of aromatic hydroxyl groups is 4. The fourth-order valence-electron chi connectivity index (χ4n) is 5.65. The van der Waals surface area contributed by atoms with E-state index in [0.29, 0.717) is 38.9 Å². The van der Waals surface area contributed by atoms with Crippen molar-refractivity contribution in [2.24, 2.45) is 5.73 Å². The van der Waals surface area contributed by atoms with Crippen molar-refractivity contribution in [3.05, 3.63) is 119 Å². The van der Waals surface area contributed by atoms with E-state index in [2.05, 4.69) is 21.3 Å². The standard InChI is InChI=1S/C18H25NO3S2.C14H20N2O4.C9H12N2O2.C7H6O3/c20-14(6-1-2-8-15-11-13-23-24-15)7-5-12-19-18(22)16-9-3-4-10-17(16)21;1-14(2,3)20-13(19)16-9-8-15-12(18)10-6-4-5-7-11(10)17;10-5-6-11-9(13)7-3-1-2-4-8(7)12;8-6-4-2-1-3-5(6)7(9)10/h3-4,9-10,15,21H,1-2,5-8,11-13H2,(H,19,22);4-7,17H,8-9H2,1-3H3,(H,15,18)(H,16,19);1-4,12H,5-6,10H2,(H,11,13);1-4,8H,(H,9,10)/t15-;;;/m0.../s1. The summed E-state index contributed by atoms with van der Waals surface area (Å²) in [5.41, 5.74) is 5.34. The predicted molar refractivity (Wildman–Crippen MR) is 261 cm³/mol. The topological polar surface area (TPSA) is 287 Å². The molecule has 1 heterocycles. The molecule has 1 saturated heterocycles. The van der Waals surface area contributed by atoms with Crippen LogP contribution in [0.2, 0.25) is 0 Å². The van der Waals surface area contributed by atoms with Crippen LogP contribution >= 0.6 is 21.6 Å². The molecule has 0 aromatic heterocycles. The molecule has 1 aliphatic rings. The number of alkyl carbamates (subject to hydrolysis) is 1. The minimum atomic E-state index is -1.11. The number of hydrogen-bond acceptors (Lipinski definition) is 14. The first-order valence-corrected chi connectivity index (χ1v) is 24.0. The van der Waals surface area contributed by atoms with Gasteiger partial charge < -0.3 is 57.3 Å². The van der Waals surface area contributed by atoms with Gasteiger partial charge in [-0.2, -0.15) is 0 Å². The van der Waals surface area contributed by atoms with Crippen LogP contribution in [0, 0.1) is 0 Å². The highest BCUT2D eigenvalue weighted by molar-refractivity contribution is 8.77. The van der Waals surface area contributed by atoms with Gasteiger partial charge in [-0.15, -0.1) is 0 Å². The zero-order valence-corrected chi connectivity index (χ0v) is 39.6. The number of phenolic OH excluding ortho intramolecular Hbond substituents is 3.